The number of carbonyl (C=O) groups excluding carboxylic acids is 1. The van der Waals surface area contributed by atoms with E-state index < -0.39 is 0 Å². The number of benzene rings is 2. The molecule has 2 rings (SSSR count). The van der Waals surface area contributed by atoms with Gasteiger partial charge in [0, 0.05) is 31.9 Å². The van der Waals surface area contributed by atoms with Gasteiger partial charge >= 0.3 is 0 Å². The van der Waals surface area contributed by atoms with Crippen LogP contribution < -0.4 is 5.32 Å². The lowest BCUT2D eigenvalue weighted by Gasteiger charge is -2.15. The van der Waals surface area contributed by atoms with Gasteiger partial charge in [-0.3, -0.25) is 4.79 Å². The highest BCUT2D eigenvalue weighted by Gasteiger charge is 2.12. The van der Waals surface area contributed by atoms with Crippen molar-refractivity contribution in [2.45, 2.75) is 6.54 Å². The number of anilines is 1. The Morgan fingerprint density at radius 2 is 1.75 bits per heavy atom. The summed E-state index contributed by atoms with van der Waals surface area (Å²) in [5.74, 6) is -0.335. The summed E-state index contributed by atoms with van der Waals surface area (Å²) in [6.45, 7) is 0.338. The summed E-state index contributed by atoms with van der Waals surface area (Å²) in [4.78, 5) is 13.6. The minimum Gasteiger partial charge on any atom is -0.380 e. The van der Waals surface area contributed by atoms with Crippen molar-refractivity contribution >= 4 is 11.6 Å². The molecule has 0 aliphatic rings. The molecule has 20 heavy (non-hydrogen) atoms. The zero-order chi connectivity index (χ0) is 14.5. The topological polar surface area (TPSA) is 32.3 Å². The van der Waals surface area contributed by atoms with Crippen molar-refractivity contribution in [1.29, 1.82) is 0 Å². The zero-order valence-electron chi connectivity index (χ0n) is 11.6. The van der Waals surface area contributed by atoms with E-state index in [9.17, 15) is 9.18 Å². The summed E-state index contributed by atoms with van der Waals surface area (Å²) in [6.07, 6.45) is 0. The van der Waals surface area contributed by atoms with Crippen molar-refractivity contribution in [2.75, 3.05) is 19.4 Å². The molecule has 2 aromatic carbocycles. The average molecular weight is 272 g/mol. The van der Waals surface area contributed by atoms with Crippen molar-refractivity contribution in [2.24, 2.45) is 0 Å². The van der Waals surface area contributed by atoms with Gasteiger partial charge in [0.25, 0.3) is 5.91 Å². The summed E-state index contributed by atoms with van der Waals surface area (Å²) in [6, 6.07) is 13.8. The molecule has 0 fully saturated rings. The Morgan fingerprint density at radius 1 is 1.10 bits per heavy atom. The lowest BCUT2D eigenvalue weighted by molar-refractivity contribution is 0.0828. The van der Waals surface area contributed by atoms with Crippen LogP contribution in [0.1, 0.15) is 15.9 Å². The van der Waals surface area contributed by atoms with E-state index in [4.69, 9.17) is 0 Å². The van der Waals surface area contributed by atoms with Crippen LogP contribution in [0.3, 0.4) is 0 Å². The Morgan fingerprint density at radius 3 is 2.45 bits per heavy atom. The number of nitrogens with zero attached hydrogens (tertiary/aromatic N) is 1. The normalized spacial score (nSPS) is 10.2. The summed E-state index contributed by atoms with van der Waals surface area (Å²) >= 11 is 0. The van der Waals surface area contributed by atoms with Crippen LogP contribution in [-0.4, -0.2) is 24.9 Å². The lowest BCUT2D eigenvalue weighted by atomic mass is 10.1. The highest BCUT2D eigenvalue weighted by atomic mass is 19.1. The van der Waals surface area contributed by atoms with Crippen LogP contribution in [0.5, 0.6) is 0 Å². The number of hydrogen-bond donors (Lipinski definition) is 1. The predicted octanol–water partition coefficient (Wildman–Crippen LogP) is 3.14. The van der Waals surface area contributed by atoms with Gasteiger partial charge < -0.3 is 10.2 Å². The van der Waals surface area contributed by atoms with Crippen LogP contribution >= 0.6 is 0 Å². The van der Waals surface area contributed by atoms with E-state index in [1.165, 1.54) is 11.0 Å². The van der Waals surface area contributed by atoms with Gasteiger partial charge in [0.1, 0.15) is 5.82 Å². The van der Waals surface area contributed by atoms with Gasteiger partial charge in [-0.2, -0.15) is 0 Å². The number of hydrogen-bond acceptors (Lipinski definition) is 2. The number of para-hydroxylation sites is 1. The fourth-order valence-electron chi connectivity index (χ4n) is 1.90. The molecule has 0 aliphatic carbocycles. The maximum Gasteiger partial charge on any atom is 0.255 e. The predicted molar refractivity (Wildman–Crippen MR) is 78.2 cm³/mol. The van der Waals surface area contributed by atoms with Gasteiger partial charge in [-0.15, -0.1) is 0 Å². The van der Waals surface area contributed by atoms with Gasteiger partial charge in [0.15, 0.2) is 0 Å². The monoisotopic (exact) mass is 272 g/mol. The van der Waals surface area contributed by atoms with Crippen molar-refractivity contribution in [3.8, 4) is 0 Å². The second-order valence-corrected chi connectivity index (χ2v) is 4.69. The molecule has 4 heteroatoms. The molecular formula is C16H17FN2O. The van der Waals surface area contributed by atoms with Crippen molar-refractivity contribution in [3.63, 3.8) is 0 Å². The van der Waals surface area contributed by atoms with E-state index in [2.05, 4.69) is 5.32 Å². The van der Waals surface area contributed by atoms with Crippen LogP contribution in [0.2, 0.25) is 0 Å². The fraction of sp³-hybridized carbons (Fsp3) is 0.188. The quantitative estimate of drug-likeness (QED) is 0.927. The Bertz CT molecular complexity index is 611. The fourth-order valence-corrected chi connectivity index (χ4v) is 1.90. The van der Waals surface area contributed by atoms with Crippen molar-refractivity contribution in [3.05, 3.63) is 65.5 Å². The highest BCUT2D eigenvalue weighted by molar-refractivity contribution is 5.99. The molecule has 104 valence electrons. The van der Waals surface area contributed by atoms with Gasteiger partial charge in [0.05, 0.1) is 5.56 Å². The molecule has 0 radical (unpaired) electrons. The van der Waals surface area contributed by atoms with E-state index in [0.29, 0.717) is 23.4 Å². The number of rotatable bonds is 4. The molecule has 0 aromatic heterocycles. The molecule has 0 unspecified atom stereocenters. The number of nitrogens with one attached hydrogen (secondary N) is 1. The molecule has 0 heterocycles. The highest BCUT2D eigenvalue weighted by Crippen LogP contribution is 2.18. The van der Waals surface area contributed by atoms with Crippen molar-refractivity contribution in [1.82, 2.24) is 4.90 Å². The molecular weight excluding hydrogens is 255 g/mol. The van der Waals surface area contributed by atoms with Gasteiger partial charge in [-0.25, -0.2) is 4.39 Å². The van der Waals surface area contributed by atoms with Gasteiger partial charge in [-0.05, 0) is 18.2 Å². The first-order valence-electron chi connectivity index (χ1n) is 6.37. The van der Waals surface area contributed by atoms with Crippen LogP contribution in [0.4, 0.5) is 10.1 Å². The largest absolute Gasteiger partial charge is 0.380 e. The smallest absolute Gasteiger partial charge is 0.255 e. The van der Waals surface area contributed by atoms with E-state index in [1.807, 2.05) is 18.2 Å². The first kappa shape index (κ1) is 14.1. The van der Waals surface area contributed by atoms with E-state index in [0.717, 1.165) is 0 Å². The first-order valence-corrected chi connectivity index (χ1v) is 6.37. The molecule has 1 amide bonds. The molecule has 0 saturated carbocycles. The Kier molecular flexibility index (Phi) is 4.35. The van der Waals surface area contributed by atoms with Crippen molar-refractivity contribution < 1.29 is 9.18 Å². The minimum absolute atomic E-state index is 0.0818. The summed E-state index contributed by atoms with van der Waals surface area (Å²) in [7, 11) is 3.41. The van der Waals surface area contributed by atoms with E-state index in [1.54, 1.807) is 38.4 Å². The van der Waals surface area contributed by atoms with Crippen LogP contribution in [0, 0.1) is 5.82 Å². The summed E-state index contributed by atoms with van der Waals surface area (Å²) in [5.41, 5.74) is 1.85. The van der Waals surface area contributed by atoms with Crippen LogP contribution in [-0.2, 0) is 6.54 Å². The third-order valence-corrected chi connectivity index (χ3v) is 2.99. The third kappa shape index (κ3) is 3.15. The molecule has 3 nitrogen and oxygen atoms in total. The number of halogens is 1. The SMILES string of the molecule is CN(C)C(=O)c1ccccc1NCc1ccccc1F. The van der Waals surface area contributed by atoms with E-state index >= 15 is 0 Å². The maximum atomic E-state index is 13.6. The van der Waals surface area contributed by atoms with Gasteiger partial charge in [-0.1, -0.05) is 30.3 Å². The zero-order valence-corrected chi connectivity index (χ0v) is 11.6. The maximum absolute atomic E-state index is 13.6. The van der Waals surface area contributed by atoms with Gasteiger partial charge in [0.2, 0.25) is 0 Å². The minimum atomic E-state index is -0.253. The van der Waals surface area contributed by atoms with Crippen LogP contribution in [0.25, 0.3) is 0 Å². The molecule has 0 atom stereocenters. The lowest BCUT2D eigenvalue weighted by Crippen LogP contribution is -2.22. The second kappa shape index (κ2) is 6.19. The molecule has 0 saturated heterocycles. The Labute approximate surface area is 118 Å². The van der Waals surface area contributed by atoms with Crippen LogP contribution in [0.15, 0.2) is 48.5 Å². The summed E-state index contributed by atoms with van der Waals surface area (Å²) in [5, 5.41) is 3.12. The molecule has 0 aliphatic heterocycles. The molecule has 0 spiro atoms. The number of carbonyl (C=O) groups is 1. The Balaban J connectivity index is 2.18. The molecule has 0 bridgehead atoms. The Hall–Kier alpha value is -2.36. The molecule has 2 aromatic rings. The standard InChI is InChI=1S/C16H17FN2O/c1-19(2)16(20)13-8-4-6-10-15(13)18-11-12-7-3-5-9-14(12)17/h3-10,18H,11H2,1-2H3. The number of amides is 1. The molecule has 1 N–H and O–H groups in total. The third-order valence-electron chi connectivity index (χ3n) is 2.99. The first-order chi connectivity index (χ1) is 9.59. The van der Waals surface area contributed by atoms with E-state index in [-0.39, 0.29) is 11.7 Å². The second-order valence-electron chi connectivity index (χ2n) is 4.69. The average Bonchev–Trinajstić information content (AvgIpc) is 2.46. The summed E-state index contributed by atoms with van der Waals surface area (Å²) < 4.78 is 13.6.